The summed E-state index contributed by atoms with van der Waals surface area (Å²) in [4.78, 5) is 43.0. The molecule has 0 unspecified atom stereocenters. The molecule has 9 aromatic rings. The number of aliphatic hydroxyl groups excluding tert-OH is 6. The van der Waals surface area contributed by atoms with Gasteiger partial charge in [-0.1, -0.05) is 18.2 Å². The summed E-state index contributed by atoms with van der Waals surface area (Å²) in [7, 11) is -19.1. The molecule has 24 rings (SSSR count). The molecule has 0 bridgehead atoms. The zero-order valence-corrected chi connectivity index (χ0v) is 72.6. The fraction of sp³-hybridized carbons (Fsp3) is 0.469. The molecular formula is C96H96O39S3. The Bertz CT molecular complexity index is 7300. The lowest BCUT2D eigenvalue weighted by Crippen LogP contribution is -2.62. The number of hydrogen-bond donors (Lipinski definition) is 9. The topological polar surface area (TPSA) is 482 Å². The van der Waals surface area contributed by atoms with Crippen molar-refractivity contribution in [1.29, 1.82) is 0 Å². The average molecular weight is 2000 g/mol. The van der Waals surface area contributed by atoms with E-state index in [0.29, 0.717) is 14.6 Å². The molecule has 3 aliphatic carbocycles. The Morgan fingerprint density at radius 2 is 0.652 bits per heavy atom. The second kappa shape index (κ2) is 37.6. The molecule has 15 aliphatic rings. The molecule has 732 valence electrons. The third-order valence-electron chi connectivity index (χ3n) is 25.8. The molecule has 0 amide bonds. The Labute approximate surface area is 839 Å². The minimum absolute atomic E-state index is 0.0191. The first-order chi connectivity index (χ1) is 78.3. The van der Waals surface area contributed by atoms with Crippen LogP contribution in [-0.4, -0.2) is 258 Å². The van der Waals surface area contributed by atoms with Crippen molar-refractivity contribution in [2.75, 3.05) is 102 Å². The van der Waals surface area contributed by atoms with Crippen molar-refractivity contribution in [1.82, 2.24) is 0 Å². The zero-order valence-electron chi connectivity index (χ0n) is 100. The van der Waals surface area contributed by atoms with Gasteiger partial charge in [-0.15, -0.1) is 34.0 Å². The number of phenols is 3. The summed E-state index contributed by atoms with van der Waals surface area (Å²) in [6.07, 6.45) is -34.6. The maximum absolute atomic E-state index is 13.9. The lowest BCUT2D eigenvalue weighted by molar-refractivity contribution is -0.368. The average Bonchev–Trinajstić information content (AvgIpc) is 1.52. The highest BCUT2D eigenvalue weighted by atomic mass is 32.1. The Hall–Kier alpha value is -10.9. The largest absolute Gasteiger partial charge is 0.502 e. The number of phenolic OH excluding ortho intramolecular Hbond substituents is 3. The SMILES string of the molecule is [2H]C([2H])([2H])Oc1cc([C@@H]2c3cc4c(cc3[C@@H](O[C@@H]3O[C@H]5[C@@H](O[C@H](c6cccs6)OC5([2H])[2H])[C@H](O)[C@H]3O)[C@@H]3[C@@H]2C(=O)OC3([2H])[2H])OCO4)cc(OC([2H])([2H])[2H])c1O.[2H]C([2H])([2H])Oc1cc([C@]2([2H])c3cc4c(cc3[C@@H](O[C@@H]3O[C@H]5[C@@H](O[C@H](c6cccs6)OC5([2H])[2H])[C@H](O)[C@H]3O)[C@@H]3[C@@H]2C(=O)OC3([2H])[2H])OCO4)cc(OC([2H])([2H])[2H])c1O.[2H]C([2H])([2H])Oc1cc([C@]2([2H])c3cc4c(cc3[C@@H](O[C@@H]3O[C@H]5[C@@H](O[C@H](c6cccs6)OC5([2H])[2H])[C@H](O)[C@H]3O)[C@H]3COC(=O)[C@@H]32)OCO4)cc(OC([2H])([2H])[2H])c1O. The van der Waals surface area contributed by atoms with E-state index in [2.05, 4.69) is 0 Å². The van der Waals surface area contributed by atoms with Crippen LogP contribution in [0.1, 0.15) is 161 Å². The van der Waals surface area contributed by atoms with E-state index in [0.717, 1.165) is 36.4 Å². The summed E-state index contributed by atoms with van der Waals surface area (Å²) in [5.74, 6) is -26.3. The number of aromatic hydroxyl groups is 3. The van der Waals surface area contributed by atoms with Crippen molar-refractivity contribution < 1.29 is 229 Å². The molecular weight excluding hydrogens is 1870 g/mol. The molecule has 39 nitrogen and oxygen atoms in total. The molecule has 138 heavy (non-hydrogen) atoms. The van der Waals surface area contributed by atoms with Gasteiger partial charge in [0.05, 0.1) is 171 Å². The number of carbonyl (C=O) groups excluding carboxylic acids is 3. The van der Waals surface area contributed by atoms with Crippen molar-refractivity contribution in [2.24, 2.45) is 35.5 Å². The zero-order chi connectivity index (χ0) is 121. The molecule has 12 aliphatic heterocycles. The Kier molecular flexibility index (Phi) is 17.4. The smallest absolute Gasteiger partial charge is 0.310 e. The van der Waals surface area contributed by atoms with Crippen LogP contribution in [0.4, 0.5) is 0 Å². The molecule has 6 aromatic carbocycles. The minimum atomic E-state index is -3.23. The number of thiophene rings is 3. The highest BCUT2D eigenvalue weighted by Crippen LogP contribution is 2.63. The van der Waals surface area contributed by atoms with Gasteiger partial charge in [0.2, 0.25) is 37.6 Å². The Balaban J connectivity index is 0.000000139. The van der Waals surface area contributed by atoms with Crippen LogP contribution in [0, 0.1) is 35.5 Å². The summed E-state index contributed by atoms with van der Waals surface area (Å²) >= 11 is 3.65. The van der Waals surface area contributed by atoms with Crippen molar-refractivity contribution in [3.63, 3.8) is 0 Å². The van der Waals surface area contributed by atoms with Crippen LogP contribution in [0.25, 0.3) is 0 Å². The first-order valence-electron chi connectivity index (χ1n) is 57.2. The standard InChI is InChI=1S/3C32H32O13S/c3*1-37-19-6-13(7-20(38-2)25(19)33)23-14-8-17-18(42-12-41-17)9-15(14)28(16-10-39-30(36)24(16)23)44-32-27(35)26(34)29-21(43-32)11-40-31(45-29)22-4-3-5-46-22/h3*3-9,16,21,23-24,26-29,31-35H,10-12H2,1-2H3/t3*16-,21+,23+,24-,26+,27+,28+,29+,31+,32-/m000/s1/i1D3,2D3,10D2,11D2,23D;1D3,2D3,11D2,23D;1D3,2D3,10D2,11D2. The highest BCUT2D eigenvalue weighted by molar-refractivity contribution is 7.10. The van der Waals surface area contributed by atoms with Crippen LogP contribution >= 0.6 is 34.0 Å². The van der Waals surface area contributed by atoms with Crippen LogP contribution in [0.2, 0.25) is 0 Å². The van der Waals surface area contributed by atoms with Gasteiger partial charge in [-0.25, -0.2) is 0 Å². The number of ether oxygens (including phenoxy) is 27. The van der Waals surface area contributed by atoms with Gasteiger partial charge in [0, 0.05) is 38.2 Å². The molecule has 15 heterocycles. The molecule has 0 radical (unpaired) electrons. The summed E-state index contributed by atoms with van der Waals surface area (Å²) in [5, 5.41) is 106. The Morgan fingerprint density at radius 1 is 0.348 bits per heavy atom. The van der Waals surface area contributed by atoms with E-state index in [1.54, 1.807) is 52.5 Å². The van der Waals surface area contributed by atoms with Gasteiger partial charge in [-0.3, -0.25) is 14.4 Å². The molecule has 42 heteroatoms. The first kappa shape index (κ1) is 63.7. The van der Waals surface area contributed by atoms with E-state index >= 15 is 0 Å². The van der Waals surface area contributed by atoms with Crippen LogP contribution in [-0.2, 0) is 85.4 Å². The van der Waals surface area contributed by atoms with Crippen LogP contribution in [0.5, 0.6) is 86.2 Å². The van der Waals surface area contributed by atoms with Gasteiger partial charge in [-0.2, -0.15) is 0 Å². The number of aliphatic hydroxyl groups is 6. The van der Waals surface area contributed by atoms with Crippen molar-refractivity contribution >= 4 is 51.9 Å². The molecule has 9 saturated heterocycles. The number of rotatable bonds is 18. The summed E-state index contributed by atoms with van der Waals surface area (Å²) < 4.78 is 395. The van der Waals surface area contributed by atoms with E-state index in [1.807, 2.05) is 0 Å². The minimum Gasteiger partial charge on any atom is -0.502 e. The summed E-state index contributed by atoms with van der Waals surface area (Å²) in [6, 6.07) is 24.0. The number of carbonyl (C=O) groups is 3. The number of methoxy groups -OCH3 is 6. The molecule has 9 N–H and O–H groups in total. The highest BCUT2D eigenvalue weighted by Gasteiger charge is 2.62. The normalized spacial score (nSPS) is 41.0. The number of esters is 3. The second-order valence-electron chi connectivity index (χ2n) is 33.2. The molecule has 9 fully saturated rings. The number of benzene rings is 6. The fourth-order valence-electron chi connectivity index (χ4n) is 19.4. The van der Waals surface area contributed by atoms with Crippen LogP contribution in [0.15, 0.2) is 125 Å². The van der Waals surface area contributed by atoms with Gasteiger partial charge in [0.25, 0.3) is 0 Å². The first-order valence-corrected chi connectivity index (χ1v) is 44.8. The molecule has 3 aromatic heterocycles. The van der Waals surface area contributed by atoms with Crippen LogP contribution in [0.3, 0.4) is 0 Å². The number of hydrogen-bond acceptors (Lipinski definition) is 42. The summed E-state index contributed by atoms with van der Waals surface area (Å²) in [6.45, 7) is -14.8. The van der Waals surface area contributed by atoms with Gasteiger partial charge in [0.15, 0.2) is 107 Å². The number of fused-ring (bicyclic) bond motifs is 12. The lowest BCUT2D eigenvalue weighted by atomic mass is 9.66. The van der Waals surface area contributed by atoms with Gasteiger partial charge in [0.1, 0.15) is 73.2 Å². The van der Waals surface area contributed by atoms with Crippen molar-refractivity contribution in [3.05, 3.63) is 190 Å². The van der Waals surface area contributed by atoms with E-state index < -0.39 is 333 Å². The monoisotopic (exact) mass is 2000 g/mol. The third kappa shape index (κ3) is 16.1. The van der Waals surface area contributed by atoms with E-state index in [-0.39, 0.29) is 106 Å². The van der Waals surface area contributed by atoms with Crippen molar-refractivity contribution in [3.8, 4) is 86.2 Å². The van der Waals surface area contributed by atoms with Gasteiger partial charge < -0.3 is 174 Å². The maximum Gasteiger partial charge on any atom is 0.310 e. The lowest BCUT2D eigenvalue weighted by Gasteiger charge is -2.48. The maximum atomic E-state index is 13.9. The van der Waals surface area contributed by atoms with E-state index in [4.69, 9.17) is 166 Å². The Morgan fingerprint density at radius 3 is 1.00 bits per heavy atom. The number of cyclic esters (lactones) is 3. The molecule has 0 saturated carbocycles. The van der Waals surface area contributed by atoms with Gasteiger partial charge >= 0.3 is 17.9 Å². The van der Waals surface area contributed by atoms with Gasteiger partial charge in [-0.05, 0) is 157 Å². The summed E-state index contributed by atoms with van der Waals surface area (Å²) in [5.41, 5.74) is -0.692. The fourth-order valence-corrected chi connectivity index (χ4v) is 21.5. The predicted molar refractivity (Wildman–Crippen MR) is 468 cm³/mol. The quantitative estimate of drug-likeness (QED) is 0.0288. The molecule has 0 spiro atoms. The third-order valence-corrected chi connectivity index (χ3v) is 28.5. The van der Waals surface area contributed by atoms with E-state index in [1.165, 1.54) is 70.4 Å². The van der Waals surface area contributed by atoms with E-state index in [9.17, 15) is 63.1 Å². The van der Waals surface area contributed by atoms with Crippen LogP contribution < -0.4 is 56.8 Å². The predicted octanol–water partition coefficient (Wildman–Crippen LogP) is 8.26. The molecule has 30 atom stereocenters. The second-order valence-corrected chi connectivity index (χ2v) is 36.1. The van der Waals surface area contributed by atoms with Crippen molar-refractivity contribution in [2.45, 2.75) is 147 Å².